The second-order valence-electron chi connectivity index (χ2n) is 6.44. The lowest BCUT2D eigenvalue weighted by atomic mass is 9.92. The van der Waals surface area contributed by atoms with Gasteiger partial charge in [-0.3, -0.25) is 0 Å². The molecule has 0 aliphatic heterocycles. The van der Waals surface area contributed by atoms with Crippen molar-refractivity contribution in [3.63, 3.8) is 0 Å². The molecule has 0 saturated carbocycles. The largest absolute Gasteiger partial charge is 0.416 e. The van der Waals surface area contributed by atoms with E-state index in [0.717, 1.165) is 18.5 Å². The molecule has 1 aromatic carbocycles. The maximum absolute atomic E-state index is 12.6. The minimum atomic E-state index is -4.26. The van der Waals surface area contributed by atoms with Gasteiger partial charge < -0.3 is 5.32 Å². The molecule has 0 aromatic heterocycles. The Morgan fingerprint density at radius 1 is 1.15 bits per heavy atom. The predicted octanol–water partition coefficient (Wildman–Crippen LogP) is 4.90. The molecule has 0 fully saturated rings. The molecule has 1 rings (SSSR count). The van der Waals surface area contributed by atoms with Crippen LogP contribution in [0.15, 0.2) is 18.2 Å². The monoisotopic (exact) mass is 287 g/mol. The fraction of sp³-hybridized carbons (Fsp3) is 0.625. The Bertz CT molecular complexity index is 444. The summed E-state index contributed by atoms with van der Waals surface area (Å²) in [5.41, 5.74) is 1.20. The van der Waals surface area contributed by atoms with Gasteiger partial charge in [0.2, 0.25) is 0 Å². The molecule has 114 valence electrons. The second-order valence-corrected chi connectivity index (χ2v) is 6.44. The molecule has 1 aromatic rings. The maximum atomic E-state index is 12.6. The summed E-state index contributed by atoms with van der Waals surface area (Å²) in [6.07, 6.45) is -3.36. The number of benzene rings is 1. The lowest BCUT2D eigenvalue weighted by Gasteiger charge is -2.23. The maximum Gasteiger partial charge on any atom is 0.416 e. The molecule has 1 N–H and O–H groups in total. The van der Waals surface area contributed by atoms with E-state index in [1.165, 1.54) is 12.1 Å². The van der Waals surface area contributed by atoms with E-state index in [1.54, 1.807) is 13.0 Å². The Morgan fingerprint density at radius 3 is 2.20 bits per heavy atom. The molecule has 0 saturated heterocycles. The van der Waals surface area contributed by atoms with Crippen molar-refractivity contribution in [3.05, 3.63) is 34.9 Å². The van der Waals surface area contributed by atoms with Crippen LogP contribution in [0.5, 0.6) is 0 Å². The molecule has 4 heteroatoms. The summed E-state index contributed by atoms with van der Waals surface area (Å²) in [6.45, 7) is 11.0. The van der Waals surface area contributed by atoms with Gasteiger partial charge in [-0.2, -0.15) is 13.2 Å². The van der Waals surface area contributed by atoms with Crippen molar-refractivity contribution in [2.75, 3.05) is 6.54 Å². The highest BCUT2D eigenvalue weighted by Crippen LogP contribution is 2.32. The first-order valence-corrected chi connectivity index (χ1v) is 6.93. The summed E-state index contributed by atoms with van der Waals surface area (Å²) < 4.78 is 37.9. The fourth-order valence-electron chi connectivity index (χ4n) is 2.22. The smallest absolute Gasteiger partial charge is 0.312 e. The molecular weight excluding hydrogens is 263 g/mol. The average molecular weight is 287 g/mol. The van der Waals surface area contributed by atoms with Crippen LogP contribution in [0.4, 0.5) is 13.2 Å². The minimum Gasteiger partial charge on any atom is -0.312 e. The van der Waals surface area contributed by atoms with Crippen molar-refractivity contribution in [2.24, 2.45) is 0 Å². The Labute approximate surface area is 119 Å². The summed E-state index contributed by atoms with van der Waals surface area (Å²) >= 11 is 0. The van der Waals surface area contributed by atoms with Crippen LogP contribution < -0.4 is 5.32 Å². The highest BCUT2D eigenvalue weighted by atomic mass is 19.4. The first kappa shape index (κ1) is 17.0. The van der Waals surface area contributed by atoms with Crippen molar-refractivity contribution < 1.29 is 13.2 Å². The number of hydrogen-bond donors (Lipinski definition) is 1. The van der Waals surface area contributed by atoms with Gasteiger partial charge in [-0.05, 0) is 69.8 Å². The van der Waals surface area contributed by atoms with Crippen LogP contribution in [0.3, 0.4) is 0 Å². The summed E-state index contributed by atoms with van der Waals surface area (Å²) in [4.78, 5) is 0. The van der Waals surface area contributed by atoms with Gasteiger partial charge in [-0.15, -0.1) is 0 Å². The Balaban J connectivity index is 2.72. The van der Waals surface area contributed by atoms with Gasteiger partial charge in [0.1, 0.15) is 0 Å². The SMILES string of the molecule is Cc1cc(C(F)(F)F)ccc1C(C)CCNC(C)(C)C. The van der Waals surface area contributed by atoms with Gasteiger partial charge in [-0.1, -0.05) is 13.0 Å². The summed E-state index contributed by atoms with van der Waals surface area (Å²) in [7, 11) is 0. The zero-order valence-corrected chi connectivity index (χ0v) is 12.9. The third kappa shape index (κ3) is 5.16. The van der Waals surface area contributed by atoms with E-state index in [0.29, 0.717) is 5.56 Å². The lowest BCUT2D eigenvalue weighted by molar-refractivity contribution is -0.137. The zero-order valence-electron chi connectivity index (χ0n) is 12.9. The number of alkyl halides is 3. The molecule has 0 amide bonds. The van der Waals surface area contributed by atoms with Gasteiger partial charge in [0.05, 0.1) is 5.56 Å². The van der Waals surface area contributed by atoms with Crippen LogP contribution in [0.25, 0.3) is 0 Å². The lowest BCUT2D eigenvalue weighted by Crippen LogP contribution is -2.36. The van der Waals surface area contributed by atoms with Crippen LogP contribution >= 0.6 is 0 Å². The topological polar surface area (TPSA) is 12.0 Å². The number of halogens is 3. The summed E-state index contributed by atoms with van der Waals surface area (Å²) in [5.74, 6) is 0.243. The summed E-state index contributed by atoms with van der Waals surface area (Å²) in [6, 6.07) is 4.03. The Kier molecular flexibility index (Phi) is 5.25. The third-order valence-corrected chi connectivity index (χ3v) is 3.36. The summed E-state index contributed by atoms with van der Waals surface area (Å²) in [5, 5.41) is 3.40. The molecular formula is C16H24F3N. The molecule has 0 aliphatic carbocycles. The molecule has 20 heavy (non-hydrogen) atoms. The molecule has 0 heterocycles. The van der Waals surface area contributed by atoms with Crippen molar-refractivity contribution in [2.45, 2.75) is 58.7 Å². The van der Waals surface area contributed by atoms with Crippen LogP contribution in [-0.2, 0) is 6.18 Å². The van der Waals surface area contributed by atoms with Crippen molar-refractivity contribution in [1.29, 1.82) is 0 Å². The number of hydrogen-bond acceptors (Lipinski definition) is 1. The predicted molar refractivity (Wildman–Crippen MR) is 77.0 cm³/mol. The van der Waals surface area contributed by atoms with Crippen molar-refractivity contribution in [3.8, 4) is 0 Å². The Morgan fingerprint density at radius 2 is 1.75 bits per heavy atom. The van der Waals surface area contributed by atoms with Gasteiger partial charge in [0.25, 0.3) is 0 Å². The van der Waals surface area contributed by atoms with E-state index in [9.17, 15) is 13.2 Å². The Hall–Kier alpha value is -1.03. The van der Waals surface area contributed by atoms with Crippen LogP contribution in [0, 0.1) is 6.92 Å². The van der Waals surface area contributed by atoms with Crippen LogP contribution in [-0.4, -0.2) is 12.1 Å². The molecule has 1 nitrogen and oxygen atoms in total. The zero-order chi connectivity index (χ0) is 15.6. The van der Waals surface area contributed by atoms with E-state index in [-0.39, 0.29) is 11.5 Å². The molecule has 0 aliphatic rings. The molecule has 0 radical (unpaired) electrons. The third-order valence-electron chi connectivity index (χ3n) is 3.36. The van der Waals surface area contributed by atoms with E-state index in [2.05, 4.69) is 33.0 Å². The van der Waals surface area contributed by atoms with E-state index < -0.39 is 11.7 Å². The van der Waals surface area contributed by atoms with Crippen molar-refractivity contribution >= 4 is 0 Å². The normalized spacial score (nSPS) is 14.4. The van der Waals surface area contributed by atoms with Gasteiger partial charge >= 0.3 is 6.18 Å². The number of rotatable bonds is 4. The van der Waals surface area contributed by atoms with E-state index >= 15 is 0 Å². The molecule has 1 unspecified atom stereocenters. The fourth-order valence-corrected chi connectivity index (χ4v) is 2.22. The molecule has 1 atom stereocenters. The number of aryl methyl sites for hydroxylation is 1. The van der Waals surface area contributed by atoms with Gasteiger partial charge in [0.15, 0.2) is 0 Å². The average Bonchev–Trinajstić information content (AvgIpc) is 2.25. The van der Waals surface area contributed by atoms with E-state index in [1.807, 2.05) is 0 Å². The minimum absolute atomic E-state index is 0.0644. The van der Waals surface area contributed by atoms with Crippen molar-refractivity contribution in [1.82, 2.24) is 5.32 Å². The standard InChI is InChI=1S/C16H24F3N/c1-11(8-9-20-15(3,4)5)14-7-6-13(10-12(14)2)16(17,18)19/h6-7,10-11,20H,8-9H2,1-5H3. The second kappa shape index (κ2) is 6.17. The van der Waals surface area contributed by atoms with Gasteiger partial charge in [-0.25, -0.2) is 0 Å². The highest BCUT2D eigenvalue weighted by Gasteiger charge is 2.30. The molecule has 0 bridgehead atoms. The number of nitrogens with one attached hydrogen (secondary N) is 1. The van der Waals surface area contributed by atoms with Crippen LogP contribution in [0.2, 0.25) is 0 Å². The van der Waals surface area contributed by atoms with Crippen LogP contribution in [0.1, 0.15) is 56.7 Å². The van der Waals surface area contributed by atoms with Gasteiger partial charge in [0, 0.05) is 5.54 Å². The first-order valence-electron chi connectivity index (χ1n) is 6.93. The molecule has 0 spiro atoms. The highest BCUT2D eigenvalue weighted by molar-refractivity contribution is 5.34. The first-order chi connectivity index (χ1) is 9.00. The van der Waals surface area contributed by atoms with E-state index in [4.69, 9.17) is 0 Å². The quantitative estimate of drug-likeness (QED) is 0.831.